The molecule has 0 radical (unpaired) electrons. The molecule has 0 saturated carbocycles. The fraction of sp³-hybridized carbons (Fsp3) is 0.125. The number of aliphatic carboxylic acids is 1. The van der Waals surface area contributed by atoms with Crippen molar-refractivity contribution in [2.45, 2.75) is 6.30 Å². The molecule has 12 heavy (non-hydrogen) atoms. The van der Waals surface area contributed by atoms with E-state index in [2.05, 4.69) is 5.32 Å². The minimum atomic E-state index is -2.05. The Morgan fingerprint density at radius 2 is 2.00 bits per heavy atom. The van der Waals surface area contributed by atoms with Gasteiger partial charge in [0.1, 0.15) is 0 Å². The Morgan fingerprint density at radius 3 is 2.50 bits per heavy atom. The minimum Gasteiger partial charge on any atom is -0.478 e. The van der Waals surface area contributed by atoms with Crippen molar-refractivity contribution in [2.75, 3.05) is 5.32 Å². The monoisotopic (exact) mass is 169 g/mol. The molecule has 0 aliphatic heterocycles. The van der Waals surface area contributed by atoms with Crippen LogP contribution in [-0.4, -0.2) is 17.4 Å². The summed E-state index contributed by atoms with van der Waals surface area (Å²) in [6, 6.07) is 8.33. The maximum atomic E-state index is 12.5. The average molecular weight is 169 g/mol. The summed E-state index contributed by atoms with van der Waals surface area (Å²) in [6.07, 6.45) is -2.05. The molecule has 3 nitrogen and oxygen atoms in total. The summed E-state index contributed by atoms with van der Waals surface area (Å²) >= 11 is 0. The SMILES string of the molecule is O=C(O)[C@H](F)Nc1ccccc1. The molecule has 0 saturated heterocycles. The molecule has 0 unspecified atom stereocenters. The summed E-state index contributed by atoms with van der Waals surface area (Å²) in [4.78, 5) is 10.1. The van der Waals surface area contributed by atoms with Gasteiger partial charge in [-0.25, -0.2) is 9.18 Å². The quantitative estimate of drug-likeness (QED) is 0.674. The van der Waals surface area contributed by atoms with Crippen molar-refractivity contribution in [3.8, 4) is 0 Å². The molecule has 64 valence electrons. The lowest BCUT2D eigenvalue weighted by Gasteiger charge is -2.06. The topological polar surface area (TPSA) is 49.3 Å². The van der Waals surface area contributed by atoms with Gasteiger partial charge in [-0.2, -0.15) is 0 Å². The Bertz CT molecular complexity index is 263. The van der Waals surface area contributed by atoms with Crippen molar-refractivity contribution in [1.29, 1.82) is 0 Å². The highest BCUT2D eigenvalue weighted by molar-refractivity contribution is 5.75. The van der Waals surface area contributed by atoms with E-state index < -0.39 is 12.3 Å². The summed E-state index contributed by atoms with van der Waals surface area (Å²) in [7, 11) is 0. The van der Waals surface area contributed by atoms with Crippen molar-refractivity contribution in [1.82, 2.24) is 0 Å². The molecule has 2 N–H and O–H groups in total. The zero-order valence-corrected chi connectivity index (χ0v) is 6.20. The molecule has 1 atom stereocenters. The van der Waals surface area contributed by atoms with Crippen molar-refractivity contribution in [3.05, 3.63) is 30.3 Å². The third-order valence-electron chi connectivity index (χ3n) is 1.28. The number of hydrogen-bond acceptors (Lipinski definition) is 2. The summed E-state index contributed by atoms with van der Waals surface area (Å²) in [5.74, 6) is -1.51. The number of para-hydroxylation sites is 1. The van der Waals surface area contributed by atoms with E-state index in [9.17, 15) is 9.18 Å². The van der Waals surface area contributed by atoms with Gasteiger partial charge in [-0.15, -0.1) is 0 Å². The molecule has 0 aromatic heterocycles. The Labute approximate surface area is 68.8 Å². The molecule has 0 bridgehead atoms. The van der Waals surface area contributed by atoms with Crippen LogP contribution in [-0.2, 0) is 4.79 Å². The highest BCUT2D eigenvalue weighted by atomic mass is 19.1. The molecule has 0 fully saturated rings. The first kappa shape index (κ1) is 8.52. The molecule has 0 aliphatic carbocycles. The Kier molecular flexibility index (Phi) is 2.63. The van der Waals surface area contributed by atoms with Gasteiger partial charge in [-0.1, -0.05) is 18.2 Å². The molecule has 0 aliphatic rings. The molecule has 1 rings (SSSR count). The van der Waals surface area contributed by atoms with Crippen molar-refractivity contribution < 1.29 is 14.3 Å². The van der Waals surface area contributed by atoms with Crippen LogP contribution >= 0.6 is 0 Å². The molecule has 4 heteroatoms. The number of carboxylic acids is 1. The summed E-state index contributed by atoms with van der Waals surface area (Å²) in [6.45, 7) is 0. The van der Waals surface area contributed by atoms with Gasteiger partial charge in [0.2, 0.25) is 0 Å². The van der Waals surface area contributed by atoms with Crippen molar-refractivity contribution in [2.24, 2.45) is 0 Å². The third kappa shape index (κ3) is 2.23. The van der Waals surface area contributed by atoms with Crippen LogP contribution in [0.4, 0.5) is 10.1 Å². The number of alkyl halides is 1. The number of carboxylic acid groups (broad SMARTS) is 1. The van der Waals surface area contributed by atoms with Crippen LogP contribution < -0.4 is 5.32 Å². The van der Waals surface area contributed by atoms with Gasteiger partial charge < -0.3 is 10.4 Å². The van der Waals surface area contributed by atoms with Crippen LogP contribution in [0.25, 0.3) is 0 Å². The highest BCUT2D eigenvalue weighted by Crippen LogP contribution is 2.07. The van der Waals surface area contributed by atoms with E-state index in [1.54, 1.807) is 30.3 Å². The maximum Gasteiger partial charge on any atom is 0.359 e. The second-order valence-electron chi connectivity index (χ2n) is 2.21. The number of nitrogens with one attached hydrogen (secondary N) is 1. The Morgan fingerprint density at radius 1 is 1.42 bits per heavy atom. The summed E-state index contributed by atoms with van der Waals surface area (Å²) < 4.78 is 12.5. The minimum absolute atomic E-state index is 0.451. The lowest BCUT2D eigenvalue weighted by atomic mass is 10.3. The van der Waals surface area contributed by atoms with Gasteiger partial charge in [-0.3, -0.25) is 0 Å². The highest BCUT2D eigenvalue weighted by Gasteiger charge is 2.13. The van der Waals surface area contributed by atoms with Gasteiger partial charge in [-0.05, 0) is 12.1 Å². The second-order valence-corrected chi connectivity index (χ2v) is 2.21. The second kappa shape index (κ2) is 3.71. The fourth-order valence-electron chi connectivity index (χ4n) is 0.742. The number of anilines is 1. The molecule has 0 heterocycles. The van der Waals surface area contributed by atoms with Gasteiger partial charge in [0.05, 0.1) is 0 Å². The Hall–Kier alpha value is -1.58. The van der Waals surface area contributed by atoms with Crippen LogP contribution in [0.15, 0.2) is 30.3 Å². The molecular formula is C8H8FNO2. The summed E-state index contributed by atoms with van der Waals surface area (Å²) in [5, 5.41) is 10.4. The number of carbonyl (C=O) groups is 1. The number of rotatable bonds is 3. The first-order chi connectivity index (χ1) is 5.70. The van der Waals surface area contributed by atoms with E-state index in [1.165, 1.54) is 0 Å². The van der Waals surface area contributed by atoms with Crippen LogP contribution in [0, 0.1) is 0 Å². The fourth-order valence-corrected chi connectivity index (χ4v) is 0.742. The normalized spacial score (nSPS) is 12.1. The number of benzene rings is 1. The number of halogens is 1. The van der Waals surface area contributed by atoms with Gasteiger partial charge in [0.15, 0.2) is 0 Å². The van der Waals surface area contributed by atoms with Crippen molar-refractivity contribution in [3.63, 3.8) is 0 Å². The predicted molar refractivity (Wildman–Crippen MR) is 42.6 cm³/mol. The Balaban J connectivity index is 2.58. The van der Waals surface area contributed by atoms with Crippen LogP contribution in [0.2, 0.25) is 0 Å². The van der Waals surface area contributed by atoms with E-state index in [4.69, 9.17) is 5.11 Å². The van der Waals surface area contributed by atoms with Gasteiger partial charge in [0, 0.05) is 5.69 Å². The average Bonchev–Trinajstić information content (AvgIpc) is 2.06. The van der Waals surface area contributed by atoms with E-state index in [1.807, 2.05) is 0 Å². The first-order valence-electron chi connectivity index (χ1n) is 3.38. The molecule has 1 aromatic rings. The van der Waals surface area contributed by atoms with E-state index in [0.717, 1.165) is 0 Å². The summed E-state index contributed by atoms with van der Waals surface area (Å²) in [5.41, 5.74) is 0.451. The largest absolute Gasteiger partial charge is 0.478 e. The molecule has 1 aromatic carbocycles. The van der Waals surface area contributed by atoms with Gasteiger partial charge >= 0.3 is 5.97 Å². The van der Waals surface area contributed by atoms with E-state index >= 15 is 0 Å². The molecular weight excluding hydrogens is 161 g/mol. The van der Waals surface area contributed by atoms with Crippen LogP contribution in [0.5, 0.6) is 0 Å². The molecule has 0 amide bonds. The van der Waals surface area contributed by atoms with Crippen molar-refractivity contribution >= 4 is 11.7 Å². The zero-order valence-electron chi connectivity index (χ0n) is 6.20. The third-order valence-corrected chi connectivity index (χ3v) is 1.28. The van der Waals surface area contributed by atoms with E-state index in [0.29, 0.717) is 5.69 Å². The lowest BCUT2D eigenvalue weighted by Crippen LogP contribution is -2.23. The number of hydrogen-bond donors (Lipinski definition) is 2. The molecule has 0 spiro atoms. The maximum absolute atomic E-state index is 12.5. The lowest BCUT2D eigenvalue weighted by molar-refractivity contribution is -0.141. The predicted octanol–water partition coefficient (Wildman–Crippen LogP) is 1.48. The van der Waals surface area contributed by atoms with Crippen LogP contribution in [0.1, 0.15) is 0 Å². The van der Waals surface area contributed by atoms with E-state index in [-0.39, 0.29) is 0 Å². The van der Waals surface area contributed by atoms with Crippen LogP contribution in [0.3, 0.4) is 0 Å². The zero-order chi connectivity index (χ0) is 8.97. The first-order valence-corrected chi connectivity index (χ1v) is 3.38. The smallest absolute Gasteiger partial charge is 0.359 e. The standard InChI is InChI=1S/C8H8FNO2/c9-7(8(11)12)10-6-4-2-1-3-5-6/h1-5,7,10H,(H,11,12)/t7-/m1/s1. The van der Waals surface area contributed by atoms with Gasteiger partial charge in [0.25, 0.3) is 6.30 Å².